The van der Waals surface area contributed by atoms with Crippen LogP contribution in [0, 0.1) is 23.2 Å². The van der Waals surface area contributed by atoms with Crippen molar-refractivity contribution in [3.05, 3.63) is 34.3 Å². The number of benzene rings is 1. The zero-order chi connectivity index (χ0) is 19.4. The van der Waals surface area contributed by atoms with Gasteiger partial charge in [-0.2, -0.15) is 5.26 Å². The number of hydrogen-bond acceptors (Lipinski definition) is 4. The van der Waals surface area contributed by atoms with E-state index in [9.17, 15) is 19.5 Å². The summed E-state index contributed by atoms with van der Waals surface area (Å²) in [4.78, 5) is 38.0. The number of carboxylic acids is 1. The van der Waals surface area contributed by atoms with Crippen molar-refractivity contribution in [1.29, 1.82) is 5.26 Å². The van der Waals surface area contributed by atoms with Crippen LogP contribution in [-0.2, 0) is 9.59 Å². The van der Waals surface area contributed by atoms with Crippen molar-refractivity contribution in [2.45, 2.75) is 32.4 Å². The number of aliphatic carboxylic acids is 1. The van der Waals surface area contributed by atoms with Gasteiger partial charge in [-0.05, 0) is 36.6 Å². The first-order chi connectivity index (χ1) is 12.2. The van der Waals surface area contributed by atoms with Gasteiger partial charge in [0, 0.05) is 16.6 Å². The number of likely N-dealkylation sites (tertiary alicyclic amines) is 1. The minimum absolute atomic E-state index is 0.0592. The Labute approximate surface area is 160 Å². The number of nitrogens with one attached hydrogen (secondary N) is 1. The number of hydrogen-bond donors (Lipinski definition) is 2. The third-order valence-corrected chi connectivity index (χ3v) is 4.91. The maximum absolute atomic E-state index is 12.9. The van der Waals surface area contributed by atoms with Crippen LogP contribution in [0.1, 0.15) is 30.6 Å². The largest absolute Gasteiger partial charge is 0.480 e. The second kappa shape index (κ2) is 8.32. The lowest BCUT2D eigenvalue weighted by Gasteiger charge is -2.29. The van der Waals surface area contributed by atoms with Gasteiger partial charge in [0.15, 0.2) is 0 Å². The first-order valence-electron chi connectivity index (χ1n) is 8.24. The lowest BCUT2D eigenvalue weighted by Crippen LogP contribution is -2.53. The Kier molecular flexibility index (Phi) is 6.37. The Morgan fingerprint density at radius 1 is 1.31 bits per heavy atom. The summed E-state index contributed by atoms with van der Waals surface area (Å²) < 4.78 is 0.828. The van der Waals surface area contributed by atoms with Crippen molar-refractivity contribution in [1.82, 2.24) is 10.2 Å². The van der Waals surface area contributed by atoms with Gasteiger partial charge >= 0.3 is 5.97 Å². The van der Waals surface area contributed by atoms with Crippen molar-refractivity contribution in [2.75, 3.05) is 6.54 Å². The van der Waals surface area contributed by atoms with Crippen molar-refractivity contribution < 1.29 is 19.5 Å². The van der Waals surface area contributed by atoms with Crippen LogP contribution in [0.25, 0.3) is 0 Å². The molecular formula is C18H20BrN3O4. The van der Waals surface area contributed by atoms with Crippen LogP contribution < -0.4 is 5.32 Å². The van der Waals surface area contributed by atoms with E-state index in [0.717, 1.165) is 4.47 Å². The molecule has 1 fully saturated rings. The number of nitrogens with zero attached hydrogens (tertiary/aromatic N) is 2. The molecule has 1 aliphatic rings. The van der Waals surface area contributed by atoms with Gasteiger partial charge in [0.2, 0.25) is 5.91 Å². The first-order valence-corrected chi connectivity index (χ1v) is 9.03. The predicted molar refractivity (Wildman–Crippen MR) is 97.1 cm³/mol. The minimum Gasteiger partial charge on any atom is -0.480 e. The van der Waals surface area contributed by atoms with Gasteiger partial charge in [0.25, 0.3) is 5.91 Å². The van der Waals surface area contributed by atoms with Gasteiger partial charge in [0.05, 0.1) is 12.0 Å². The molecule has 2 amide bonds. The van der Waals surface area contributed by atoms with E-state index in [1.54, 1.807) is 38.1 Å². The van der Waals surface area contributed by atoms with E-state index in [0.29, 0.717) is 5.56 Å². The van der Waals surface area contributed by atoms with Crippen LogP contribution in [0.4, 0.5) is 0 Å². The van der Waals surface area contributed by atoms with Crippen LogP contribution in [0.5, 0.6) is 0 Å². The highest BCUT2D eigenvalue weighted by molar-refractivity contribution is 9.10. The van der Waals surface area contributed by atoms with Crippen LogP contribution in [0.3, 0.4) is 0 Å². The highest BCUT2D eigenvalue weighted by Gasteiger charge is 2.42. The molecule has 26 heavy (non-hydrogen) atoms. The van der Waals surface area contributed by atoms with Crippen LogP contribution in [0.15, 0.2) is 28.7 Å². The van der Waals surface area contributed by atoms with Crippen molar-refractivity contribution in [3.8, 4) is 6.07 Å². The summed E-state index contributed by atoms with van der Waals surface area (Å²) in [5.41, 5.74) is 0.401. The van der Waals surface area contributed by atoms with Crippen LogP contribution in [-0.4, -0.2) is 46.4 Å². The number of nitriles is 1. The fraction of sp³-hybridized carbons (Fsp3) is 0.444. The number of carboxylic acid groups (broad SMARTS) is 1. The summed E-state index contributed by atoms with van der Waals surface area (Å²) >= 11 is 3.29. The molecule has 1 aromatic carbocycles. The Morgan fingerprint density at radius 3 is 2.42 bits per heavy atom. The average Bonchev–Trinajstić information content (AvgIpc) is 3.04. The number of carbonyl (C=O) groups is 3. The molecule has 0 bridgehead atoms. The molecule has 1 aliphatic heterocycles. The van der Waals surface area contributed by atoms with E-state index in [1.165, 1.54) is 4.90 Å². The molecule has 138 valence electrons. The topological polar surface area (TPSA) is 111 Å². The van der Waals surface area contributed by atoms with Crippen LogP contribution in [0.2, 0.25) is 0 Å². The number of rotatable bonds is 5. The Hall–Kier alpha value is -2.40. The van der Waals surface area contributed by atoms with Gasteiger partial charge in [-0.25, -0.2) is 4.79 Å². The normalized spacial score (nSPS) is 20.5. The van der Waals surface area contributed by atoms with E-state index >= 15 is 0 Å². The summed E-state index contributed by atoms with van der Waals surface area (Å²) in [6.45, 7) is 3.61. The summed E-state index contributed by atoms with van der Waals surface area (Å²) in [7, 11) is 0. The second-order valence-corrected chi connectivity index (χ2v) is 7.52. The summed E-state index contributed by atoms with van der Waals surface area (Å²) in [6, 6.07) is 6.81. The second-order valence-electron chi connectivity index (χ2n) is 6.61. The third kappa shape index (κ3) is 4.41. The summed E-state index contributed by atoms with van der Waals surface area (Å²) in [5.74, 6) is -2.78. The molecule has 1 aromatic rings. The van der Waals surface area contributed by atoms with Gasteiger partial charge in [-0.3, -0.25) is 9.59 Å². The number of halogens is 1. The zero-order valence-electron chi connectivity index (χ0n) is 14.5. The SMILES string of the molecule is CC(C)[C@H](NC(=O)c1ccc(Br)cc1)C(=O)N1C[C@H](C#N)C[C@H]1C(=O)O. The quantitative estimate of drug-likeness (QED) is 0.755. The van der Waals surface area contributed by atoms with Crippen molar-refractivity contribution in [2.24, 2.45) is 11.8 Å². The molecule has 2 N–H and O–H groups in total. The van der Waals surface area contributed by atoms with Crippen molar-refractivity contribution in [3.63, 3.8) is 0 Å². The summed E-state index contributed by atoms with van der Waals surface area (Å²) in [6.07, 6.45) is 0.100. The van der Waals surface area contributed by atoms with E-state index in [-0.39, 0.29) is 18.9 Å². The molecule has 1 saturated heterocycles. The molecular weight excluding hydrogens is 402 g/mol. The highest BCUT2D eigenvalue weighted by atomic mass is 79.9. The Balaban J connectivity index is 2.19. The monoisotopic (exact) mass is 421 g/mol. The molecule has 0 saturated carbocycles. The molecule has 1 heterocycles. The van der Waals surface area contributed by atoms with E-state index in [4.69, 9.17) is 5.26 Å². The standard InChI is InChI=1S/C18H20BrN3O4/c1-10(2)15(21-16(23)12-3-5-13(19)6-4-12)17(24)22-9-11(8-20)7-14(22)18(25)26/h3-6,10-11,14-15H,7,9H2,1-2H3,(H,21,23)(H,25,26)/t11-,14-,15-/m0/s1. The Morgan fingerprint density at radius 2 is 1.92 bits per heavy atom. The van der Waals surface area contributed by atoms with Gasteiger partial charge < -0.3 is 15.3 Å². The number of amides is 2. The fourth-order valence-electron chi connectivity index (χ4n) is 2.93. The molecule has 0 unspecified atom stereocenters. The highest BCUT2D eigenvalue weighted by Crippen LogP contribution is 2.25. The smallest absolute Gasteiger partial charge is 0.326 e. The fourth-order valence-corrected chi connectivity index (χ4v) is 3.19. The molecule has 0 aromatic heterocycles. The molecule has 0 spiro atoms. The maximum Gasteiger partial charge on any atom is 0.326 e. The van der Waals surface area contributed by atoms with Crippen LogP contribution >= 0.6 is 15.9 Å². The zero-order valence-corrected chi connectivity index (χ0v) is 16.1. The van der Waals surface area contributed by atoms with E-state index < -0.39 is 35.8 Å². The Bertz CT molecular complexity index is 742. The van der Waals surface area contributed by atoms with Gasteiger partial charge in [-0.15, -0.1) is 0 Å². The summed E-state index contributed by atoms with van der Waals surface area (Å²) in [5, 5.41) is 21.1. The van der Waals surface area contributed by atoms with E-state index in [1.807, 2.05) is 6.07 Å². The number of carbonyl (C=O) groups excluding carboxylic acids is 2. The maximum atomic E-state index is 12.9. The van der Waals surface area contributed by atoms with Gasteiger partial charge in [-0.1, -0.05) is 29.8 Å². The minimum atomic E-state index is -1.14. The lowest BCUT2D eigenvalue weighted by molar-refractivity contribution is -0.149. The predicted octanol–water partition coefficient (Wildman–Crippen LogP) is 2.03. The molecule has 2 rings (SSSR count). The lowest BCUT2D eigenvalue weighted by atomic mass is 10.0. The molecule has 3 atom stereocenters. The molecule has 0 aliphatic carbocycles. The first kappa shape index (κ1) is 19.9. The van der Waals surface area contributed by atoms with Gasteiger partial charge in [0.1, 0.15) is 12.1 Å². The molecule has 0 radical (unpaired) electrons. The average molecular weight is 422 g/mol. The molecule has 7 nitrogen and oxygen atoms in total. The molecule has 8 heteroatoms. The van der Waals surface area contributed by atoms with Crippen molar-refractivity contribution >= 4 is 33.7 Å². The van der Waals surface area contributed by atoms with E-state index in [2.05, 4.69) is 21.2 Å². The third-order valence-electron chi connectivity index (χ3n) is 4.38.